The van der Waals surface area contributed by atoms with Crippen molar-refractivity contribution in [3.05, 3.63) is 22.2 Å². The van der Waals surface area contributed by atoms with Crippen LogP contribution in [0.2, 0.25) is 10.2 Å². The lowest BCUT2D eigenvalue weighted by Crippen LogP contribution is -2.07. The van der Waals surface area contributed by atoms with E-state index < -0.39 is 12.1 Å². The zero-order valence-electron chi connectivity index (χ0n) is 7.62. The Kier molecular flexibility index (Phi) is 3.66. The molecule has 0 radical (unpaired) electrons. The van der Waals surface area contributed by atoms with Gasteiger partial charge in [0, 0.05) is 6.92 Å². The van der Waals surface area contributed by atoms with Crippen molar-refractivity contribution in [2.75, 3.05) is 0 Å². The van der Waals surface area contributed by atoms with Crippen molar-refractivity contribution in [2.24, 2.45) is 0 Å². The van der Waals surface area contributed by atoms with Crippen molar-refractivity contribution in [2.45, 2.75) is 20.0 Å². The molecule has 1 aromatic heterocycles. The van der Waals surface area contributed by atoms with E-state index in [9.17, 15) is 4.79 Å². The molecule has 14 heavy (non-hydrogen) atoms. The molecule has 1 heterocycles. The van der Waals surface area contributed by atoms with Crippen LogP contribution in [-0.4, -0.2) is 15.9 Å². The molecule has 1 rings (SSSR count). The molecule has 4 nitrogen and oxygen atoms in total. The maximum absolute atomic E-state index is 10.7. The van der Waals surface area contributed by atoms with E-state index in [1.807, 2.05) is 0 Å². The van der Waals surface area contributed by atoms with E-state index in [-0.39, 0.29) is 10.2 Å². The summed E-state index contributed by atoms with van der Waals surface area (Å²) in [4.78, 5) is 18.3. The maximum Gasteiger partial charge on any atom is 0.303 e. The summed E-state index contributed by atoms with van der Waals surface area (Å²) in [6.45, 7) is 2.97. The lowest BCUT2D eigenvalue weighted by atomic mass is 10.3. The fourth-order valence-corrected chi connectivity index (χ4v) is 1.34. The third kappa shape index (κ3) is 2.56. The molecule has 0 amide bonds. The third-order valence-corrected chi connectivity index (χ3v) is 2.26. The number of carbonyl (C=O) groups excluding carboxylic acids is 1. The van der Waals surface area contributed by atoms with Crippen LogP contribution in [0.3, 0.4) is 0 Å². The Morgan fingerprint density at radius 3 is 2.71 bits per heavy atom. The summed E-state index contributed by atoms with van der Waals surface area (Å²) in [6.07, 6.45) is 0.740. The van der Waals surface area contributed by atoms with E-state index in [1.165, 1.54) is 13.3 Å². The van der Waals surface area contributed by atoms with E-state index in [0.29, 0.717) is 5.69 Å². The highest BCUT2D eigenvalue weighted by molar-refractivity contribution is 6.41. The highest BCUT2D eigenvalue weighted by atomic mass is 35.5. The van der Waals surface area contributed by atoms with Gasteiger partial charge in [-0.3, -0.25) is 4.79 Å². The molecule has 0 bridgehead atoms. The number of carbonyl (C=O) groups is 1. The van der Waals surface area contributed by atoms with Crippen molar-refractivity contribution >= 4 is 29.2 Å². The van der Waals surface area contributed by atoms with Crippen molar-refractivity contribution in [3.8, 4) is 0 Å². The van der Waals surface area contributed by atoms with Gasteiger partial charge in [-0.15, -0.1) is 0 Å². The molecule has 0 unspecified atom stereocenters. The Morgan fingerprint density at radius 2 is 2.14 bits per heavy atom. The zero-order chi connectivity index (χ0) is 10.7. The van der Waals surface area contributed by atoms with Crippen molar-refractivity contribution in [1.29, 1.82) is 0 Å². The highest BCUT2D eigenvalue weighted by Gasteiger charge is 2.16. The van der Waals surface area contributed by atoms with Crippen LogP contribution in [0.1, 0.15) is 25.6 Å². The van der Waals surface area contributed by atoms with Gasteiger partial charge in [0.1, 0.15) is 23.1 Å². The SMILES string of the molecule is CC(=O)O[C@H](C)c1ncnc(Cl)c1Cl. The lowest BCUT2D eigenvalue weighted by Gasteiger charge is -2.12. The molecule has 0 aromatic carbocycles. The summed E-state index contributed by atoms with van der Waals surface area (Å²) in [5.74, 6) is -0.400. The normalized spacial score (nSPS) is 12.3. The Morgan fingerprint density at radius 1 is 1.50 bits per heavy atom. The van der Waals surface area contributed by atoms with Gasteiger partial charge in [0.15, 0.2) is 5.15 Å². The fraction of sp³-hybridized carbons (Fsp3) is 0.375. The smallest absolute Gasteiger partial charge is 0.303 e. The van der Waals surface area contributed by atoms with Crippen LogP contribution < -0.4 is 0 Å². The van der Waals surface area contributed by atoms with Gasteiger partial charge in [0.2, 0.25) is 0 Å². The predicted molar refractivity (Wildman–Crippen MR) is 52.2 cm³/mol. The number of hydrogen-bond donors (Lipinski definition) is 0. The monoisotopic (exact) mass is 234 g/mol. The summed E-state index contributed by atoms with van der Waals surface area (Å²) in [6, 6.07) is 0. The van der Waals surface area contributed by atoms with Crippen LogP contribution in [0.25, 0.3) is 0 Å². The van der Waals surface area contributed by atoms with Crippen molar-refractivity contribution in [3.63, 3.8) is 0 Å². The Hall–Kier alpha value is -0.870. The minimum absolute atomic E-state index is 0.149. The number of hydrogen-bond acceptors (Lipinski definition) is 4. The molecular weight excluding hydrogens is 227 g/mol. The largest absolute Gasteiger partial charge is 0.456 e. The molecule has 0 aliphatic rings. The molecule has 1 atom stereocenters. The van der Waals surface area contributed by atoms with Gasteiger partial charge in [-0.1, -0.05) is 23.2 Å². The molecule has 0 aliphatic heterocycles. The van der Waals surface area contributed by atoms with Crippen LogP contribution in [-0.2, 0) is 9.53 Å². The van der Waals surface area contributed by atoms with Crippen LogP contribution >= 0.6 is 23.2 Å². The van der Waals surface area contributed by atoms with Crippen LogP contribution in [0, 0.1) is 0 Å². The first-order chi connectivity index (χ1) is 6.52. The van der Waals surface area contributed by atoms with Gasteiger partial charge in [0.25, 0.3) is 0 Å². The molecule has 76 valence electrons. The average molecular weight is 235 g/mol. The number of halogens is 2. The highest BCUT2D eigenvalue weighted by Crippen LogP contribution is 2.27. The van der Waals surface area contributed by atoms with Crippen LogP contribution in [0.5, 0.6) is 0 Å². The molecule has 0 fully saturated rings. The molecule has 1 aromatic rings. The fourth-order valence-electron chi connectivity index (χ4n) is 0.949. The topological polar surface area (TPSA) is 52.1 Å². The summed E-state index contributed by atoms with van der Waals surface area (Å²) in [5.41, 5.74) is 0.405. The summed E-state index contributed by atoms with van der Waals surface area (Å²) < 4.78 is 4.90. The quantitative estimate of drug-likeness (QED) is 0.583. The van der Waals surface area contributed by atoms with Gasteiger partial charge >= 0.3 is 5.97 Å². The Bertz CT molecular complexity index is 357. The summed E-state index contributed by atoms with van der Waals surface area (Å²) >= 11 is 11.5. The summed E-state index contributed by atoms with van der Waals surface area (Å²) in [7, 11) is 0. The van der Waals surface area contributed by atoms with Crippen molar-refractivity contribution < 1.29 is 9.53 Å². The number of aromatic nitrogens is 2. The Balaban J connectivity index is 2.95. The lowest BCUT2D eigenvalue weighted by molar-refractivity contribution is -0.145. The minimum atomic E-state index is -0.527. The van der Waals surface area contributed by atoms with Crippen LogP contribution in [0.15, 0.2) is 6.33 Å². The molecule has 6 heteroatoms. The molecule has 0 saturated carbocycles. The van der Waals surface area contributed by atoms with Gasteiger partial charge in [0.05, 0.1) is 0 Å². The zero-order valence-corrected chi connectivity index (χ0v) is 9.13. The summed E-state index contributed by atoms with van der Waals surface area (Å²) in [5, 5.41) is 0.360. The van der Waals surface area contributed by atoms with Gasteiger partial charge < -0.3 is 4.74 Å². The molecule has 0 N–H and O–H groups in total. The Labute approximate surface area is 91.2 Å². The van der Waals surface area contributed by atoms with Gasteiger partial charge in [-0.05, 0) is 6.92 Å². The van der Waals surface area contributed by atoms with E-state index in [0.717, 1.165) is 0 Å². The van der Waals surface area contributed by atoms with E-state index in [4.69, 9.17) is 27.9 Å². The number of rotatable bonds is 2. The van der Waals surface area contributed by atoms with E-state index >= 15 is 0 Å². The van der Waals surface area contributed by atoms with Gasteiger partial charge in [-0.25, -0.2) is 9.97 Å². The second-order valence-corrected chi connectivity index (χ2v) is 3.35. The standard InChI is InChI=1S/C8H8Cl2N2O2/c1-4(14-5(2)13)7-6(9)8(10)12-3-11-7/h3-4H,1-2H3/t4-/m1/s1. The number of nitrogens with zero attached hydrogens (tertiary/aromatic N) is 2. The third-order valence-electron chi connectivity index (χ3n) is 1.50. The molecule has 0 aliphatic carbocycles. The first kappa shape index (κ1) is 11.2. The molecular formula is C8H8Cl2N2O2. The van der Waals surface area contributed by atoms with Gasteiger partial charge in [-0.2, -0.15) is 0 Å². The van der Waals surface area contributed by atoms with Crippen molar-refractivity contribution in [1.82, 2.24) is 9.97 Å². The van der Waals surface area contributed by atoms with Crippen LogP contribution in [0.4, 0.5) is 0 Å². The first-order valence-electron chi connectivity index (χ1n) is 3.85. The predicted octanol–water partition coefficient (Wildman–Crippen LogP) is 2.41. The van der Waals surface area contributed by atoms with E-state index in [1.54, 1.807) is 6.92 Å². The van der Waals surface area contributed by atoms with E-state index in [2.05, 4.69) is 9.97 Å². The molecule has 0 saturated heterocycles. The molecule has 0 spiro atoms. The first-order valence-corrected chi connectivity index (χ1v) is 4.61. The number of esters is 1. The minimum Gasteiger partial charge on any atom is -0.456 e. The number of ether oxygens (including phenoxy) is 1. The average Bonchev–Trinajstić information content (AvgIpc) is 2.08. The second kappa shape index (κ2) is 4.57. The maximum atomic E-state index is 10.7. The second-order valence-electron chi connectivity index (χ2n) is 2.62.